The maximum Gasteiger partial charge on any atom is 0.238 e. The van der Waals surface area contributed by atoms with Crippen LogP contribution in [0.5, 0.6) is 0 Å². The van der Waals surface area contributed by atoms with Gasteiger partial charge in [-0.2, -0.15) is 0 Å². The fourth-order valence-electron chi connectivity index (χ4n) is 5.57. The van der Waals surface area contributed by atoms with Gasteiger partial charge >= 0.3 is 0 Å². The Hall–Kier alpha value is -2.95. The van der Waals surface area contributed by atoms with Crippen LogP contribution in [0.25, 0.3) is 0 Å². The number of carbonyl (C=O) groups excluding carboxylic acids is 1. The van der Waals surface area contributed by atoms with Gasteiger partial charge in [-0.15, -0.1) is 0 Å². The Morgan fingerprint density at radius 2 is 1.44 bits per heavy atom. The molecule has 2 saturated heterocycles. The van der Waals surface area contributed by atoms with Crippen LogP contribution in [-0.4, -0.2) is 28.1 Å². The molecule has 5 rings (SSSR count). The second kappa shape index (κ2) is 8.19. The summed E-state index contributed by atoms with van der Waals surface area (Å²) in [6, 6.07) is 30.0. The largest absolute Gasteiger partial charge is 0.390 e. The van der Waals surface area contributed by atoms with Crippen molar-refractivity contribution < 1.29 is 14.6 Å². The van der Waals surface area contributed by atoms with Crippen molar-refractivity contribution in [3.8, 4) is 0 Å². The van der Waals surface area contributed by atoms with E-state index < -0.39 is 17.6 Å². The number of nitrogens with zero attached hydrogens (tertiary/aromatic N) is 1. The Morgan fingerprint density at radius 1 is 0.906 bits per heavy atom. The monoisotopic (exact) mass is 427 g/mol. The summed E-state index contributed by atoms with van der Waals surface area (Å²) in [7, 11) is 0. The highest BCUT2D eigenvalue weighted by molar-refractivity contribution is 5.94. The molecule has 6 atom stereocenters. The van der Waals surface area contributed by atoms with E-state index >= 15 is 0 Å². The molecule has 164 valence electrons. The quantitative estimate of drug-likeness (QED) is 0.548. The first-order chi connectivity index (χ1) is 15.6. The van der Waals surface area contributed by atoms with Gasteiger partial charge in [0.15, 0.2) is 0 Å². The second-order valence-electron chi connectivity index (χ2n) is 8.87. The van der Waals surface area contributed by atoms with E-state index in [1.807, 2.05) is 78.6 Å². The van der Waals surface area contributed by atoms with Crippen molar-refractivity contribution in [3.05, 3.63) is 108 Å². The summed E-state index contributed by atoms with van der Waals surface area (Å²) in [5.41, 5.74) is 2.34. The minimum atomic E-state index is -0.818. The molecule has 32 heavy (non-hydrogen) atoms. The molecule has 2 fully saturated rings. The number of rotatable bonds is 6. The zero-order valence-electron chi connectivity index (χ0n) is 18.5. The molecular weight excluding hydrogens is 398 g/mol. The molecule has 2 heterocycles. The summed E-state index contributed by atoms with van der Waals surface area (Å²) in [5.74, 6) is 0.0558. The maximum absolute atomic E-state index is 14.1. The summed E-state index contributed by atoms with van der Waals surface area (Å²) < 4.78 is 6.29. The van der Waals surface area contributed by atoms with Gasteiger partial charge in [0.1, 0.15) is 17.6 Å². The molecule has 0 bridgehead atoms. The number of benzene rings is 3. The number of hydrogen-bond donors (Lipinski definition) is 1. The van der Waals surface area contributed by atoms with Crippen LogP contribution < -0.4 is 0 Å². The molecule has 2 aliphatic heterocycles. The first kappa shape index (κ1) is 20.9. The maximum atomic E-state index is 14.1. The molecule has 3 aromatic rings. The molecule has 3 aromatic carbocycles. The van der Waals surface area contributed by atoms with Gasteiger partial charge in [-0.05, 0) is 30.0 Å². The molecule has 0 aliphatic carbocycles. The zero-order valence-corrected chi connectivity index (χ0v) is 18.5. The van der Waals surface area contributed by atoms with Gasteiger partial charge in [-0.1, -0.05) is 97.9 Å². The van der Waals surface area contributed by atoms with Crippen molar-refractivity contribution in [2.75, 3.05) is 0 Å². The molecule has 2 aliphatic rings. The van der Waals surface area contributed by atoms with E-state index in [-0.39, 0.29) is 24.1 Å². The Kier molecular flexibility index (Phi) is 5.36. The zero-order chi connectivity index (χ0) is 22.3. The third-order valence-corrected chi connectivity index (χ3v) is 7.21. The number of β-lactam (4-membered cyclic amide) rings is 1. The standard InChI is InChI=1S/C28H29NO3/c1-3-23(30)26-28(25(32-26)22-17-11-6-12-18-22)24(21-15-9-5-10-16-21)29(27(28)31)19(2)20-13-7-4-8-14-20/h4-19,23-26,30H,3H2,1-2H3/t19-,23+,24+,25-,26+,28-/m0/s1. The normalized spacial score (nSPS) is 28.7. The Balaban J connectivity index is 1.63. The van der Waals surface area contributed by atoms with Crippen LogP contribution in [0.1, 0.15) is 55.1 Å². The number of amides is 1. The fourth-order valence-corrected chi connectivity index (χ4v) is 5.57. The number of aliphatic hydroxyl groups is 1. The van der Waals surface area contributed by atoms with Gasteiger partial charge in [0.05, 0.1) is 18.2 Å². The van der Waals surface area contributed by atoms with Crippen LogP contribution in [0, 0.1) is 5.41 Å². The predicted molar refractivity (Wildman–Crippen MR) is 124 cm³/mol. The number of likely N-dealkylation sites (tertiary alicyclic amines) is 1. The highest BCUT2D eigenvalue weighted by Crippen LogP contribution is 2.69. The van der Waals surface area contributed by atoms with Crippen LogP contribution in [0.2, 0.25) is 0 Å². The molecule has 4 heteroatoms. The Bertz CT molecular complexity index is 1070. The van der Waals surface area contributed by atoms with Crippen LogP contribution in [0.3, 0.4) is 0 Å². The van der Waals surface area contributed by atoms with Crippen LogP contribution in [0.15, 0.2) is 91.0 Å². The van der Waals surface area contributed by atoms with Gasteiger partial charge in [0, 0.05) is 0 Å². The van der Waals surface area contributed by atoms with Crippen LogP contribution in [-0.2, 0) is 9.53 Å². The average Bonchev–Trinajstić information content (AvgIpc) is 2.83. The average molecular weight is 428 g/mol. The van der Waals surface area contributed by atoms with Crippen LogP contribution in [0.4, 0.5) is 0 Å². The van der Waals surface area contributed by atoms with Gasteiger partial charge in [-0.3, -0.25) is 4.79 Å². The van der Waals surface area contributed by atoms with Crippen LogP contribution >= 0.6 is 0 Å². The highest BCUT2D eigenvalue weighted by Gasteiger charge is 2.77. The Labute approximate surface area is 189 Å². The van der Waals surface area contributed by atoms with Crippen molar-refractivity contribution in [2.24, 2.45) is 5.41 Å². The minimum absolute atomic E-state index is 0.0558. The molecule has 1 N–H and O–H groups in total. The third-order valence-electron chi connectivity index (χ3n) is 7.21. The van der Waals surface area contributed by atoms with Crippen molar-refractivity contribution >= 4 is 5.91 Å². The molecule has 1 spiro atoms. The highest BCUT2D eigenvalue weighted by atomic mass is 16.5. The first-order valence-electron chi connectivity index (χ1n) is 11.4. The van der Waals surface area contributed by atoms with Crippen molar-refractivity contribution in [3.63, 3.8) is 0 Å². The summed E-state index contributed by atoms with van der Waals surface area (Å²) in [6.07, 6.45) is -1.07. The lowest BCUT2D eigenvalue weighted by atomic mass is 9.54. The van der Waals surface area contributed by atoms with E-state index in [4.69, 9.17) is 4.74 Å². The molecule has 4 nitrogen and oxygen atoms in total. The van der Waals surface area contributed by atoms with Gasteiger partial charge in [0.2, 0.25) is 5.91 Å². The SMILES string of the molecule is CC[C@@H](O)[C@H]1O[C@@H](c2ccccc2)[C@]12C(=O)N([C@@H](C)c1ccccc1)[C@@H]2c1ccccc1. The molecule has 0 saturated carbocycles. The molecule has 0 unspecified atom stereocenters. The molecule has 0 aromatic heterocycles. The predicted octanol–water partition coefficient (Wildman–Crippen LogP) is 5.23. The van der Waals surface area contributed by atoms with E-state index in [2.05, 4.69) is 31.2 Å². The number of ether oxygens (including phenoxy) is 1. The summed E-state index contributed by atoms with van der Waals surface area (Å²) >= 11 is 0. The van der Waals surface area contributed by atoms with Gasteiger partial charge in [-0.25, -0.2) is 0 Å². The summed E-state index contributed by atoms with van der Waals surface area (Å²) in [6.45, 7) is 4.01. The topological polar surface area (TPSA) is 49.8 Å². The van der Waals surface area contributed by atoms with E-state index in [0.29, 0.717) is 6.42 Å². The van der Waals surface area contributed by atoms with Crippen molar-refractivity contribution in [1.29, 1.82) is 0 Å². The lowest BCUT2D eigenvalue weighted by molar-refractivity contribution is -0.329. The van der Waals surface area contributed by atoms with E-state index in [0.717, 1.165) is 16.7 Å². The van der Waals surface area contributed by atoms with E-state index in [1.54, 1.807) is 0 Å². The lowest BCUT2D eigenvalue weighted by Gasteiger charge is -2.69. The fraction of sp³-hybridized carbons (Fsp3) is 0.321. The number of carbonyl (C=O) groups is 1. The van der Waals surface area contributed by atoms with E-state index in [1.165, 1.54) is 0 Å². The number of aliphatic hydroxyl groups excluding tert-OH is 1. The summed E-state index contributed by atoms with van der Waals surface area (Å²) in [5, 5.41) is 10.9. The van der Waals surface area contributed by atoms with Gasteiger partial charge in [0.25, 0.3) is 0 Å². The lowest BCUT2D eigenvalue weighted by Crippen LogP contribution is -2.78. The number of hydrogen-bond acceptors (Lipinski definition) is 3. The van der Waals surface area contributed by atoms with Gasteiger partial charge < -0.3 is 14.7 Å². The summed E-state index contributed by atoms with van der Waals surface area (Å²) in [4.78, 5) is 16.1. The smallest absolute Gasteiger partial charge is 0.238 e. The second-order valence-corrected chi connectivity index (χ2v) is 8.87. The first-order valence-corrected chi connectivity index (χ1v) is 11.4. The van der Waals surface area contributed by atoms with Crippen molar-refractivity contribution in [2.45, 2.75) is 50.7 Å². The van der Waals surface area contributed by atoms with E-state index in [9.17, 15) is 9.90 Å². The molecular formula is C28H29NO3. The third kappa shape index (κ3) is 2.94. The minimum Gasteiger partial charge on any atom is -0.390 e. The molecule has 0 radical (unpaired) electrons. The van der Waals surface area contributed by atoms with Crippen molar-refractivity contribution in [1.82, 2.24) is 4.90 Å². The Morgan fingerprint density at radius 3 is 2.00 bits per heavy atom. The molecule has 1 amide bonds.